The molecule has 4 N–H and O–H groups in total. The van der Waals surface area contributed by atoms with E-state index in [1.165, 1.54) is 0 Å². The van der Waals surface area contributed by atoms with Crippen molar-refractivity contribution in [3.05, 3.63) is 28.2 Å². The third kappa shape index (κ3) is 5.55. The van der Waals surface area contributed by atoms with Crippen molar-refractivity contribution in [2.24, 2.45) is 5.73 Å². The van der Waals surface area contributed by atoms with E-state index in [2.05, 4.69) is 21.7 Å². The van der Waals surface area contributed by atoms with Crippen LogP contribution in [0.5, 0.6) is 5.75 Å². The number of carboxylic acid groups (broad SMARTS) is 1. The van der Waals surface area contributed by atoms with E-state index in [9.17, 15) is 4.79 Å². The van der Waals surface area contributed by atoms with Crippen molar-refractivity contribution < 1.29 is 15.0 Å². The molecular formula is C9H12BrNO3. The van der Waals surface area contributed by atoms with Crippen molar-refractivity contribution in [3.8, 4) is 5.75 Å². The molecule has 0 saturated carbocycles. The predicted octanol–water partition coefficient (Wildman–Crippen LogP) is 1.49. The zero-order valence-electron chi connectivity index (χ0n) is 7.70. The third-order valence-electron chi connectivity index (χ3n) is 1.28. The minimum absolute atomic E-state index is 0.278. The van der Waals surface area contributed by atoms with Gasteiger partial charge in [-0.2, -0.15) is 0 Å². The molecule has 1 aromatic rings. The molecule has 0 heterocycles. The quantitative estimate of drug-likeness (QED) is 0.716. The average molecular weight is 262 g/mol. The zero-order chi connectivity index (χ0) is 11.1. The molecule has 1 rings (SSSR count). The second kappa shape index (κ2) is 6.39. The standard InChI is InChI=1S/C7H7BrO.C2H5NO2/c1-5-2-3-7(9)6(8)4-5;3-1-2(4)5/h2-4,9H,1H3;1,3H2,(H,4,5). The summed E-state index contributed by atoms with van der Waals surface area (Å²) in [4.78, 5) is 9.24. The molecular weight excluding hydrogens is 250 g/mol. The average Bonchev–Trinajstić information content (AvgIpc) is 2.13. The van der Waals surface area contributed by atoms with Crippen LogP contribution in [0.15, 0.2) is 22.7 Å². The Balaban J connectivity index is 0.000000292. The first-order valence-corrected chi connectivity index (χ1v) is 4.63. The maximum Gasteiger partial charge on any atom is 0.317 e. The number of aliphatic carboxylic acids is 1. The van der Waals surface area contributed by atoms with E-state index in [0.717, 1.165) is 10.0 Å². The van der Waals surface area contributed by atoms with Crippen molar-refractivity contribution in [2.45, 2.75) is 6.92 Å². The van der Waals surface area contributed by atoms with E-state index in [4.69, 9.17) is 10.2 Å². The molecule has 0 aliphatic heterocycles. The molecule has 0 unspecified atom stereocenters. The number of benzene rings is 1. The van der Waals surface area contributed by atoms with Gasteiger partial charge in [-0.25, -0.2) is 0 Å². The second-order valence-corrected chi connectivity index (χ2v) is 3.41. The van der Waals surface area contributed by atoms with E-state index in [-0.39, 0.29) is 6.54 Å². The fraction of sp³-hybridized carbons (Fsp3) is 0.222. The summed E-state index contributed by atoms with van der Waals surface area (Å²) in [6, 6.07) is 5.40. The number of halogens is 1. The van der Waals surface area contributed by atoms with Crippen molar-refractivity contribution in [1.29, 1.82) is 0 Å². The zero-order valence-corrected chi connectivity index (χ0v) is 9.28. The molecule has 0 atom stereocenters. The van der Waals surface area contributed by atoms with E-state index in [0.29, 0.717) is 5.75 Å². The summed E-state index contributed by atoms with van der Waals surface area (Å²) in [7, 11) is 0. The molecule has 4 nitrogen and oxygen atoms in total. The van der Waals surface area contributed by atoms with Crippen molar-refractivity contribution in [1.82, 2.24) is 0 Å². The van der Waals surface area contributed by atoms with Crippen LogP contribution in [0.4, 0.5) is 0 Å². The Morgan fingerprint density at radius 3 is 2.36 bits per heavy atom. The normalized spacial score (nSPS) is 8.79. The summed E-state index contributed by atoms with van der Waals surface area (Å²) in [5.74, 6) is -0.675. The molecule has 0 spiro atoms. The van der Waals surface area contributed by atoms with Crippen LogP contribution in [-0.4, -0.2) is 22.7 Å². The molecule has 78 valence electrons. The Morgan fingerprint density at radius 2 is 2.07 bits per heavy atom. The van der Waals surface area contributed by atoms with Crippen LogP contribution >= 0.6 is 15.9 Å². The van der Waals surface area contributed by atoms with Gasteiger partial charge in [0, 0.05) is 0 Å². The molecule has 0 saturated heterocycles. The topological polar surface area (TPSA) is 83.5 Å². The van der Waals surface area contributed by atoms with Gasteiger partial charge in [-0.15, -0.1) is 0 Å². The number of hydrogen-bond acceptors (Lipinski definition) is 3. The highest BCUT2D eigenvalue weighted by Gasteiger charge is 1.93. The molecule has 14 heavy (non-hydrogen) atoms. The maximum atomic E-state index is 9.24. The number of aromatic hydroxyl groups is 1. The summed E-state index contributed by atoms with van der Waals surface area (Å²) in [5, 5.41) is 16.6. The lowest BCUT2D eigenvalue weighted by atomic mass is 10.2. The summed E-state index contributed by atoms with van der Waals surface area (Å²) in [6.45, 7) is 1.70. The van der Waals surface area contributed by atoms with Crippen LogP contribution in [-0.2, 0) is 4.79 Å². The van der Waals surface area contributed by atoms with Gasteiger partial charge < -0.3 is 15.9 Å². The van der Waals surface area contributed by atoms with Gasteiger partial charge in [0.15, 0.2) is 0 Å². The van der Waals surface area contributed by atoms with Gasteiger partial charge in [0.25, 0.3) is 0 Å². The van der Waals surface area contributed by atoms with Gasteiger partial charge in [-0.3, -0.25) is 4.79 Å². The summed E-state index contributed by atoms with van der Waals surface area (Å²) < 4.78 is 0.752. The highest BCUT2D eigenvalue weighted by Crippen LogP contribution is 2.23. The van der Waals surface area contributed by atoms with Crippen molar-refractivity contribution in [2.75, 3.05) is 6.54 Å². The molecule has 0 bridgehead atoms. The van der Waals surface area contributed by atoms with E-state index in [1.54, 1.807) is 6.07 Å². The number of phenolic OH excluding ortho intramolecular Hbond substituents is 1. The van der Waals surface area contributed by atoms with Gasteiger partial charge >= 0.3 is 5.97 Å². The Kier molecular flexibility index (Phi) is 5.91. The molecule has 0 aliphatic carbocycles. The monoisotopic (exact) mass is 261 g/mol. The molecule has 0 aliphatic rings. The number of carbonyl (C=O) groups is 1. The minimum atomic E-state index is -0.968. The van der Waals surface area contributed by atoms with Crippen LogP contribution in [0.25, 0.3) is 0 Å². The third-order valence-corrected chi connectivity index (χ3v) is 1.91. The molecule has 0 radical (unpaired) electrons. The second-order valence-electron chi connectivity index (χ2n) is 2.55. The van der Waals surface area contributed by atoms with E-state index >= 15 is 0 Å². The largest absolute Gasteiger partial charge is 0.507 e. The lowest BCUT2D eigenvalue weighted by Gasteiger charge is -1.95. The molecule has 0 aromatic heterocycles. The highest BCUT2D eigenvalue weighted by atomic mass is 79.9. The highest BCUT2D eigenvalue weighted by molar-refractivity contribution is 9.10. The number of hydrogen-bond donors (Lipinski definition) is 3. The van der Waals surface area contributed by atoms with Crippen LogP contribution in [0.1, 0.15) is 5.56 Å². The summed E-state index contributed by atoms with van der Waals surface area (Å²) in [5.41, 5.74) is 5.71. The first kappa shape index (κ1) is 12.9. The SMILES string of the molecule is Cc1ccc(O)c(Br)c1.NCC(=O)O. The van der Waals surface area contributed by atoms with Crippen LogP contribution in [0.3, 0.4) is 0 Å². The fourth-order valence-corrected chi connectivity index (χ4v) is 1.11. The lowest BCUT2D eigenvalue weighted by molar-refractivity contribution is -0.135. The predicted molar refractivity (Wildman–Crippen MR) is 57.2 cm³/mol. The molecule has 0 fully saturated rings. The maximum absolute atomic E-state index is 9.24. The Hall–Kier alpha value is -1.07. The number of aryl methyl sites for hydroxylation is 1. The van der Waals surface area contributed by atoms with Crippen LogP contribution in [0, 0.1) is 6.92 Å². The Morgan fingerprint density at radius 1 is 1.57 bits per heavy atom. The van der Waals surface area contributed by atoms with Crippen molar-refractivity contribution >= 4 is 21.9 Å². The van der Waals surface area contributed by atoms with E-state index in [1.807, 2.05) is 19.1 Å². The first-order chi connectivity index (χ1) is 6.47. The van der Waals surface area contributed by atoms with Gasteiger partial charge in [0.2, 0.25) is 0 Å². The Bertz CT molecular complexity index is 315. The van der Waals surface area contributed by atoms with Crippen LogP contribution < -0.4 is 5.73 Å². The summed E-state index contributed by atoms with van der Waals surface area (Å²) in [6.07, 6.45) is 0. The number of rotatable bonds is 1. The van der Waals surface area contributed by atoms with Gasteiger partial charge in [-0.1, -0.05) is 6.07 Å². The Labute approximate surface area is 90.5 Å². The van der Waals surface area contributed by atoms with E-state index < -0.39 is 5.97 Å². The van der Waals surface area contributed by atoms with Gasteiger partial charge in [0.1, 0.15) is 5.75 Å². The lowest BCUT2D eigenvalue weighted by Crippen LogP contribution is -2.10. The molecule has 1 aromatic carbocycles. The minimum Gasteiger partial charge on any atom is -0.507 e. The smallest absolute Gasteiger partial charge is 0.317 e. The number of phenols is 1. The van der Waals surface area contributed by atoms with Gasteiger partial charge in [0.05, 0.1) is 11.0 Å². The van der Waals surface area contributed by atoms with Crippen molar-refractivity contribution in [3.63, 3.8) is 0 Å². The molecule has 5 heteroatoms. The molecule has 0 amide bonds. The van der Waals surface area contributed by atoms with Gasteiger partial charge in [-0.05, 0) is 40.5 Å². The fourth-order valence-electron chi connectivity index (χ4n) is 0.612. The number of nitrogens with two attached hydrogens (primary N) is 1. The number of carboxylic acids is 1. The van der Waals surface area contributed by atoms with Crippen LogP contribution in [0.2, 0.25) is 0 Å². The summed E-state index contributed by atoms with van der Waals surface area (Å²) >= 11 is 3.20. The first-order valence-electron chi connectivity index (χ1n) is 3.84.